The Kier molecular flexibility index (Phi) is 4.65. The van der Waals surface area contributed by atoms with Gasteiger partial charge in [-0.05, 0) is 6.54 Å². The molecule has 1 aromatic rings. The molecule has 0 aromatic carbocycles. The number of nitrogens with one attached hydrogen (secondary N) is 2. The zero-order valence-corrected chi connectivity index (χ0v) is 9.75. The van der Waals surface area contributed by atoms with Crippen molar-refractivity contribution in [3.63, 3.8) is 0 Å². The van der Waals surface area contributed by atoms with Crippen molar-refractivity contribution in [2.24, 2.45) is 5.14 Å². The maximum absolute atomic E-state index is 10.6. The molecular formula is C7H15N5O3S. The first-order valence-electron chi connectivity index (χ1n) is 4.78. The standard InChI is InChI=1S/C7H15N5O3S/c1-2-9-5-6-11-12-7(15-6)10-3-4-16(8,13)14/h9H,2-5H2,1H3,(H,10,12)(H2,8,13,14). The fourth-order valence-corrected chi connectivity index (χ4v) is 1.32. The fraction of sp³-hybridized carbons (Fsp3) is 0.714. The van der Waals surface area contributed by atoms with Gasteiger partial charge in [0.05, 0.1) is 12.3 Å². The molecule has 4 N–H and O–H groups in total. The van der Waals surface area contributed by atoms with Crippen molar-refractivity contribution >= 4 is 16.0 Å². The second kappa shape index (κ2) is 5.77. The van der Waals surface area contributed by atoms with E-state index in [9.17, 15) is 8.42 Å². The Bertz CT molecular complexity index is 415. The lowest BCUT2D eigenvalue weighted by molar-refractivity contribution is 0.482. The summed E-state index contributed by atoms with van der Waals surface area (Å²) in [6.45, 7) is 3.39. The van der Waals surface area contributed by atoms with E-state index in [1.54, 1.807) is 0 Å². The zero-order chi connectivity index (χ0) is 12.0. The topological polar surface area (TPSA) is 123 Å². The van der Waals surface area contributed by atoms with Gasteiger partial charge < -0.3 is 15.1 Å². The van der Waals surface area contributed by atoms with Crippen LogP contribution in [0.4, 0.5) is 6.01 Å². The lowest BCUT2D eigenvalue weighted by atomic mass is 10.6. The van der Waals surface area contributed by atoms with Crippen LogP contribution in [0.15, 0.2) is 4.42 Å². The second-order valence-electron chi connectivity index (χ2n) is 3.08. The molecule has 0 saturated heterocycles. The van der Waals surface area contributed by atoms with Crippen LogP contribution in [0.25, 0.3) is 0 Å². The molecule has 8 nitrogen and oxygen atoms in total. The van der Waals surface area contributed by atoms with Crippen molar-refractivity contribution in [1.29, 1.82) is 0 Å². The van der Waals surface area contributed by atoms with Crippen molar-refractivity contribution in [1.82, 2.24) is 15.5 Å². The van der Waals surface area contributed by atoms with Crippen molar-refractivity contribution < 1.29 is 12.8 Å². The minimum absolute atomic E-state index is 0.141. The van der Waals surface area contributed by atoms with Gasteiger partial charge in [-0.3, -0.25) is 0 Å². The van der Waals surface area contributed by atoms with Crippen LogP contribution in [0.2, 0.25) is 0 Å². The number of aromatic nitrogens is 2. The molecule has 0 atom stereocenters. The molecule has 0 bridgehead atoms. The second-order valence-corrected chi connectivity index (χ2v) is 4.81. The predicted octanol–water partition coefficient (Wildman–Crippen LogP) is -1.12. The molecule has 0 spiro atoms. The molecule has 0 aliphatic heterocycles. The molecule has 0 aliphatic rings. The Morgan fingerprint density at radius 3 is 2.81 bits per heavy atom. The van der Waals surface area contributed by atoms with Gasteiger partial charge in [-0.15, -0.1) is 5.10 Å². The summed E-state index contributed by atoms with van der Waals surface area (Å²) in [5, 5.41) is 17.9. The van der Waals surface area contributed by atoms with Crippen LogP contribution in [0, 0.1) is 0 Å². The normalized spacial score (nSPS) is 11.6. The third-order valence-electron chi connectivity index (χ3n) is 1.66. The molecule has 0 amide bonds. The summed E-state index contributed by atoms with van der Waals surface area (Å²) in [5.74, 6) is 0.262. The van der Waals surface area contributed by atoms with E-state index >= 15 is 0 Å². The first kappa shape index (κ1) is 12.9. The first-order valence-corrected chi connectivity index (χ1v) is 6.50. The number of hydrogen-bond donors (Lipinski definition) is 3. The van der Waals surface area contributed by atoms with Gasteiger partial charge in [0, 0.05) is 6.54 Å². The van der Waals surface area contributed by atoms with Crippen molar-refractivity contribution in [3.05, 3.63) is 5.89 Å². The van der Waals surface area contributed by atoms with Crippen LogP contribution in [0.1, 0.15) is 12.8 Å². The highest BCUT2D eigenvalue weighted by Crippen LogP contribution is 2.04. The summed E-state index contributed by atoms with van der Waals surface area (Å²) in [6.07, 6.45) is 0. The van der Waals surface area contributed by atoms with Crippen LogP contribution in [-0.4, -0.2) is 37.5 Å². The highest BCUT2D eigenvalue weighted by molar-refractivity contribution is 7.89. The highest BCUT2D eigenvalue weighted by Gasteiger charge is 2.06. The van der Waals surface area contributed by atoms with Gasteiger partial charge >= 0.3 is 6.01 Å². The van der Waals surface area contributed by atoms with Crippen LogP contribution >= 0.6 is 0 Å². The Morgan fingerprint density at radius 2 is 2.19 bits per heavy atom. The predicted molar refractivity (Wildman–Crippen MR) is 58.1 cm³/mol. The van der Waals surface area contributed by atoms with Gasteiger partial charge in [-0.1, -0.05) is 12.0 Å². The third kappa shape index (κ3) is 5.05. The third-order valence-corrected chi connectivity index (χ3v) is 2.43. The first-order chi connectivity index (χ1) is 7.51. The lowest BCUT2D eigenvalue weighted by Gasteiger charge is -1.98. The van der Waals surface area contributed by atoms with E-state index in [0.717, 1.165) is 6.54 Å². The molecule has 9 heteroatoms. The molecule has 0 radical (unpaired) electrons. The van der Waals surface area contributed by atoms with Gasteiger partial charge in [-0.25, -0.2) is 13.6 Å². The average molecular weight is 249 g/mol. The minimum Gasteiger partial charge on any atom is -0.407 e. The molecule has 1 rings (SSSR count). The molecule has 1 heterocycles. The van der Waals surface area contributed by atoms with Gasteiger partial charge in [0.25, 0.3) is 0 Å². The monoisotopic (exact) mass is 249 g/mol. The summed E-state index contributed by atoms with van der Waals surface area (Å²) in [4.78, 5) is 0. The Hall–Kier alpha value is -1.19. The van der Waals surface area contributed by atoms with Crippen LogP contribution in [0.3, 0.4) is 0 Å². The van der Waals surface area contributed by atoms with E-state index in [1.165, 1.54) is 0 Å². The Balaban J connectivity index is 2.35. The molecule has 1 aromatic heterocycles. The van der Waals surface area contributed by atoms with E-state index in [2.05, 4.69) is 20.8 Å². The molecule has 0 fully saturated rings. The van der Waals surface area contributed by atoms with Gasteiger partial charge in [-0.2, -0.15) is 0 Å². The quantitative estimate of drug-likeness (QED) is 0.559. The van der Waals surface area contributed by atoms with E-state index < -0.39 is 10.0 Å². The molecule has 92 valence electrons. The summed E-state index contributed by atoms with van der Waals surface area (Å²) >= 11 is 0. The van der Waals surface area contributed by atoms with E-state index in [0.29, 0.717) is 12.4 Å². The van der Waals surface area contributed by atoms with Gasteiger partial charge in [0.2, 0.25) is 15.9 Å². The number of anilines is 1. The summed E-state index contributed by atoms with van der Waals surface area (Å²) in [5.41, 5.74) is 0. The van der Waals surface area contributed by atoms with Crippen LogP contribution < -0.4 is 15.8 Å². The van der Waals surface area contributed by atoms with Crippen molar-refractivity contribution in [3.8, 4) is 0 Å². The highest BCUT2D eigenvalue weighted by atomic mass is 32.2. The van der Waals surface area contributed by atoms with Crippen LogP contribution in [-0.2, 0) is 16.6 Å². The SMILES string of the molecule is CCNCc1nnc(NCCS(N)(=O)=O)o1. The minimum atomic E-state index is -3.47. The largest absolute Gasteiger partial charge is 0.407 e. The molecule has 16 heavy (non-hydrogen) atoms. The van der Waals surface area contributed by atoms with E-state index in [-0.39, 0.29) is 18.3 Å². The fourth-order valence-electron chi connectivity index (χ4n) is 0.929. The molecule has 0 unspecified atom stereocenters. The smallest absolute Gasteiger partial charge is 0.315 e. The molecule has 0 saturated carbocycles. The number of sulfonamides is 1. The summed E-state index contributed by atoms with van der Waals surface area (Å²) in [7, 11) is -3.47. The zero-order valence-electron chi connectivity index (χ0n) is 8.93. The number of nitrogens with zero attached hydrogens (tertiary/aromatic N) is 2. The number of rotatable bonds is 7. The number of hydrogen-bond acceptors (Lipinski definition) is 7. The van der Waals surface area contributed by atoms with E-state index in [1.807, 2.05) is 6.92 Å². The maximum atomic E-state index is 10.6. The van der Waals surface area contributed by atoms with E-state index in [4.69, 9.17) is 9.56 Å². The summed E-state index contributed by atoms with van der Waals surface area (Å²) in [6, 6.07) is 0.191. The van der Waals surface area contributed by atoms with Gasteiger partial charge in [0.1, 0.15) is 0 Å². The van der Waals surface area contributed by atoms with Crippen LogP contribution in [0.5, 0.6) is 0 Å². The average Bonchev–Trinajstić information content (AvgIpc) is 2.61. The lowest BCUT2D eigenvalue weighted by Crippen LogP contribution is -2.22. The number of nitrogens with two attached hydrogens (primary N) is 1. The molecular weight excluding hydrogens is 234 g/mol. The van der Waals surface area contributed by atoms with Gasteiger partial charge in [0.15, 0.2) is 0 Å². The summed E-state index contributed by atoms with van der Waals surface area (Å²) < 4.78 is 26.4. The number of primary sulfonamides is 1. The maximum Gasteiger partial charge on any atom is 0.315 e. The molecule has 0 aliphatic carbocycles. The van der Waals surface area contributed by atoms with Crippen molar-refractivity contribution in [2.75, 3.05) is 24.2 Å². The Morgan fingerprint density at radius 1 is 1.44 bits per heavy atom. The Labute approximate surface area is 93.7 Å². The van der Waals surface area contributed by atoms with Crippen molar-refractivity contribution in [2.45, 2.75) is 13.5 Å².